The second-order valence-electron chi connectivity index (χ2n) is 5.85. The van der Waals surface area contributed by atoms with E-state index in [2.05, 4.69) is 0 Å². The molecule has 1 aromatic rings. The molecule has 3 nitrogen and oxygen atoms in total. The first-order valence-corrected chi connectivity index (χ1v) is 6.95. The van der Waals surface area contributed by atoms with E-state index in [1.807, 2.05) is 27.7 Å². The molecule has 104 valence electrons. The quantitative estimate of drug-likeness (QED) is 0.849. The lowest BCUT2D eigenvalue weighted by atomic mass is 9.75. The molecule has 1 heterocycles. The van der Waals surface area contributed by atoms with E-state index in [1.54, 1.807) is 18.2 Å². The van der Waals surface area contributed by atoms with Crippen molar-refractivity contribution in [3.05, 3.63) is 33.8 Å². The number of hydrogen-bond donors (Lipinski definition) is 1. The zero-order chi connectivity index (χ0) is 14.4. The number of benzene rings is 1. The summed E-state index contributed by atoms with van der Waals surface area (Å²) in [4.78, 5) is 0. The van der Waals surface area contributed by atoms with Gasteiger partial charge in [0.25, 0.3) is 0 Å². The van der Waals surface area contributed by atoms with E-state index in [0.29, 0.717) is 10.0 Å². The molecule has 0 aliphatic carbocycles. The zero-order valence-electron chi connectivity index (χ0n) is 11.5. The van der Waals surface area contributed by atoms with E-state index in [4.69, 9.17) is 38.2 Å². The second kappa shape index (κ2) is 4.94. The molecule has 0 unspecified atom stereocenters. The highest BCUT2D eigenvalue weighted by atomic mass is 35.5. The van der Waals surface area contributed by atoms with Gasteiger partial charge in [-0.1, -0.05) is 23.2 Å². The van der Waals surface area contributed by atoms with Crippen molar-refractivity contribution >= 4 is 30.3 Å². The van der Waals surface area contributed by atoms with Crippen LogP contribution in [0.15, 0.2) is 18.2 Å². The van der Waals surface area contributed by atoms with Crippen LogP contribution >= 0.6 is 23.2 Å². The summed E-state index contributed by atoms with van der Waals surface area (Å²) in [6.45, 7) is 7.96. The minimum absolute atomic E-state index is 0.405. The minimum Gasteiger partial charge on any atom is -0.402 e. The molecule has 19 heavy (non-hydrogen) atoms. The summed E-state index contributed by atoms with van der Waals surface area (Å²) < 4.78 is 11.9. The molecule has 0 spiro atoms. The van der Waals surface area contributed by atoms with Gasteiger partial charge in [0.1, 0.15) is 0 Å². The summed E-state index contributed by atoms with van der Waals surface area (Å²) >= 11 is 12.0. The van der Waals surface area contributed by atoms with Gasteiger partial charge in [0.2, 0.25) is 0 Å². The molecule has 0 saturated carbocycles. The Hall–Kier alpha value is -0.255. The SMILES string of the molecule is CC1(C)OB([C@H](N)c2cc(Cl)cc(Cl)c2)OC1(C)C. The van der Waals surface area contributed by atoms with Crippen molar-refractivity contribution in [3.63, 3.8) is 0 Å². The normalized spacial score (nSPS) is 22.6. The zero-order valence-corrected chi connectivity index (χ0v) is 13.0. The molecule has 6 heteroatoms. The fourth-order valence-electron chi connectivity index (χ4n) is 1.96. The first-order chi connectivity index (χ1) is 8.62. The number of rotatable bonds is 2. The Bertz CT molecular complexity index is 457. The van der Waals surface area contributed by atoms with E-state index in [9.17, 15) is 0 Å². The van der Waals surface area contributed by atoms with Crippen molar-refractivity contribution in [2.45, 2.75) is 44.8 Å². The predicted molar refractivity (Wildman–Crippen MR) is 79.5 cm³/mol. The molecular formula is C13H18BCl2NO2. The first-order valence-electron chi connectivity index (χ1n) is 6.20. The van der Waals surface area contributed by atoms with Crippen LogP contribution in [-0.4, -0.2) is 18.3 Å². The Kier molecular flexibility index (Phi) is 3.93. The van der Waals surface area contributed by atoms with E-state index in [-0.39, 0.29) is 0 Å². The third kappa shape index (κ3) is 2.93. The molecule has 0 amide bonds. The van der Waals surface area contributed by atoms with E-state index in [0.717, 1.165) is 5.56 Å². The molecule has 1 fully saturated rings. The topological polar surface area (TPSA) is 44.5 Å². The van der Waals surface area contributed by atoms with Gasteiger partial charge in [-0.2, -0.15) is 0 Å². The van der Waals surface area contributed by atoms with Crippen LogP contribution in [0.2, 0.25) is 10.0 Å². The number of nitrogens with two attached hydrogens (primary N) is 1. The average Bonchev–Trinajstić information content (AvgIpc) is 2.45. The molecule has 1 aromatic carbocycles. The van der Waals surface area contributed by atoms with Gasteiger partial charge in [-0.15, -0.1) is 0 Å². The Morgan fingerprint density at radius 2 is 1.42 bits per heavy atom. The van der Waals surface area contributed by atoms with Gasteiger partial charge in [0.05, 0.1) is 17.1 Å². The Morgan fingerprint density at radius 3 is 1.84 bits per heavy atom. The molecule has 1 aliphatic heterocycles. The standard InChI is InChI=1S/C13H18BCl2NO2/c1-12(2)13(3,4)19-14(18-12)11(17)8-5-9(15)7-10(16)6-8/h5-7,11H,17H2,1-4H3/t11-/m1/s1. The smallest absolute Gasteiger partial charge is 0.402 e. The molecule has 0 bridgehead atoms. The molecule has 1 aliphatic rings. The average molecular weight is 302 g/mol. The highest BCUT2D eigenvalue weighted by molar-refractivity contribution is 6.47. The van der Waals surface area contributed by atoms with Crippen LogP contribution in [0.4, 0.5) is 0 Å². The van der Waals surface area contributed by atoms with Gasteiger partial charge in [-0.3, -0.25) is 0 Å². The Morgan fingerprint density at radius 1 is 1.00 bits per heavy atom. The monoisotopic (exact) mass is 301 g/mol. The summed E-state index contributed by atoms with van der Waals surface area (Å²) in [6.07, 6.45) is 0. The summed E-state index contributed by atoms with van der Waals surface area (Å²) in [6, 6.07) is 5.23. The summed E-state index contributed by atoms with van der Waals surface area (Å²) in [7, 11) is -0.514. The molecule has 1 saturated heterocycles. The molecule has 2 N–H and O–H groups in total. The molecule has 1 atom stereocenters. The van der Waals surface area contributed by atoms with Gasteiger partial charge in [-0.25, -0.2) is 0 Å². The van der Waals surface area contributed by atoms with Crippen LogP contribution in [0.3, 0.4) is 0 Å². The van der Waals surface area contributed by atoms with Crippen molar-refractivity contribution in [1.29, 1.82) is 0 Å². The minimum atomic E-state index is -0.514. The van der Waals surface area contributed by atoms with Crippen LogP contribution in [0.1, 0.15) is 39.2 Å². The van der Waals surface area contributed by atoms with E-state index in [1.165, 1.54) is 0 Å². The predicted octanol–water partition coefficient (Wildman–Crippen LogP) is 3.62. The van der Waals surface area contributed by atoms with E-state index >= 15 is 0 Å². The molecule has 0 aromatic heterocycles. The molecule has 2 rings (SSSR count). The van der Waals surface area contributed by atoms with Crippen molar-refractivity contribution < 1.29 is 9.31 Å². The van der Waals surface area contributed by atoms with Gasteiger partial charge in [-0.05, 0) is 51.5 Å². The molecule has 0 radical (unpaired) electrons. The second-order valence-corrected chi connectivity index (χ2v) is 6.73. The van der Waals surface area contributed by atoms with Crippen LogP contribution in [0.5, 0.6) is 0 Å². The Labute approximate surface area is 124 Å². The molecular weight excluding hydrogens is 284 g/mol. The highest BCUT2D eigenvalue weighted by Gasteiger charge is 2.53. The first kappa shape index (κ1) is 15.1. The van der Waals surface area contributed by atoms with Gasteiger partial charge >= 0.3 is 7.12 Å². The van der Waals surface area contributed by atoms with Gasteiger partial charge < -0.3 is 15.0 Å². The van der Waals surface area contributed by atoms with Crippen molar-refractivity contribution in [2.75, 3.05) is 0 Å². The third-order valence-corrected chi connectivity index (χ3v) is 4.27. The van der Waals surface area contributed by atoms with Crippen LogP contribution < -0.4 is 5.73 Å². The maximum absolute atomic E-state index is 6.21. The highest BCUT2D eigenvalue weighted by Crippen LogP contribution is 2.40. The fourth-order valence-corrected chi connectivity index (χ4v) is 2.50. The number of halogens is 2. The fraction of sp³-hybridized carbons (Fsp3) is 0.538. The van der Waals surface area contributed by atoms with E-state index < -0.39 is 24.3 Å². The van der Waals surface area contributed by atoms with Crippen molar-refractivity contribution in [2.24, 2.45) is 5.73 Å². The Balaban J connectivity index is 2.24. The summed E-state index contributed by atoms with van der Waals surface area (Å²) in [5, 5.41) is 1.10. The van der Waals surface area contributed by atoms with Crippen molar-refractivity contribution in [3.8, 4) is 0 Å². The lowest BCUT2D eigenvalue weighted by molar-refractivity contribution is 0.00578. The van der Waals surface area contributed by atoms with Gasteiger partial charge in [0, 0.05) is 10.0 Å². The van der Waals surface area contributed by atoms with Crippen molar-refractivity contribution in [1.82, 2.24) is 0 Å². The summed E-state index contributed by atoms with van der Waals surface area (Å²) in [5.41, 5.74) is 6.20. The largest absolute Gasteiger partial charge is 0.480 e. The van der Waals surface area contributed by atoms with Crippen LogP contribution in [0.25, 0.3) is 0 Å². The lowest BCUT2D eigenvalue weighted by Gasteiger charge is -2.32. The van der Waals surface area contributed by atoms with Crippen LogP contribution in [-0.2, 0) is 9.31 Å². The summed E-state index contributed by atoms with van der Waals surface area (Å²) in [5.74, 6) is -0.433. The van der Waals surface area contributed by atoms with Gasteiger partial charge in [0.15, 0.2) is 0 Å². The van der Waals surface area contributed by atoms with Crippen LogP contribution in [0, 0.1) is 0 Å². The third-order valence-electron chi connectivity index (χ3n) is 3.83. The lowest BCUT2D eigenvalue weighted by Crippen LogP contribution is -2.41. The maximum Gasteiger partial charge on any atom is 0.480 e. The maximum atomic E-state index is 6.21. The number of hydrogen-bond acceptors (Lipinski definition) is 3.